The molecule has 1 N–H and O–H groups in total. The summed E-state index contributed by atoms with van der Waals surface area (Å²) in [6, 6.07) is 8.26. The molecule has 0 aliphatic heterocycles. The molecule has 0 saturated heterocycles. The van der Waals surface area contributed by atoms with Crippen molar-refractivity contribution in [2.24, 2.45) is 0 Å². The van der Waals surface area contributed by atoms with Crippen LogP contribution in [0.25, 0.3) is 0 Å². The highest BCUT2D eigenvalue weighted by Gasteiger charge is 2.21. The van der Waals surface area contributed by atoms with E-state index in [1.807, 2.05) is 31.3 Å². The molecule has 1 fully saturated rings. The fourth-order valence-corrected chi connectivity index (χ4v) is 2.84. The van der Waals surface area contributed by atoms with Gasteiger partial charge in [0.05, 0.1) is 12.2 Å². The molecule has 0 bridgehead atoms. The van der Waals surface area contributed by atoms with E-state index in [2.05, 4.69) is 26.1 Å². The van der Waals surface area contributed by atoms with E-state index >= 15 is 0 Å². The van der Waals surface area contributed by atoms with E-state index in [1.54, 1.807) is 0 Å². The molecule has 0 radical (unpaired) electrons. The topological polar surface area (TPSA) is 32.3 Å². The van der Waals surface area contributed by atoms with E-state index in [9.17, 15) is 4.79 Å². The van der Waals surface area contributed by atoms with Crippen LogP contribution in [0.2, 0.25) is 0 Å². The Morgan fingerprint density at radius 1 is 1.39 bits per heavy atom. The van der Waals surface area contributed by atoms with Crippen molar-refractivity contribution in [1.29, 1.82) is 0 Å². The third kappa shape index (κ3) is 3.56. The molecule has 1 amide bonds. The highest BCUT2D eigenvalue weighted by Crippen LogP contribution is 2.23. The van der Waals surface area contributed by atoms with Gasteiger partial charge in [-0.2, -0.15) is 0 Å². The van der Waals surface area contributed by atoms with Crippen LogP contribution in [0.5, 0.6) is 0 Å². The molecule has 4 heteroatoms. The number of para-hydroxylation sites is 1. The van der Waals surface area contributed by atoms with Gasteiger partial charge in [0, 0.05) is 10.5 Å². The minimum absolute atomic E-state index is 0.0521. The molecule has 0 spiro atoms. The molecule has 1 saturated carbocycles. The summed E-state index contributed by atoms with van der Waals surface area (Å²) in [5.74, 6) is 0.0521. The van der Waals surface area contributed by atoms with Crippen LogP contribution < -0.4 is 5.32 Å². The monoisotopic (exact) mass is 310 g/mol. The Kier molecular flexibility index (Phi) is 4.78. The molecule has 18 heavy (non-hydrogen) atoms. The van der Waals surface area contributed by atoms with Gasteiger partial charge in [0.2, 0.25) is 5.91 Å². The van der Waals surface area contributed by atoms with Crippen molar-refractivity contribution in [3.8, 4) is 0 Å². The van der Waals surface area contributed by atoms with Crippen molar-refractivity contribution >= 4 is 27.5 Å². The summed E-state index contributed by atoms with van der Waals surface area (Å²) >= 11 is 3.43. The van der Waals surface area contributed by atoms with Crippen LogP contribution in [0.15, 0.2) is 28.7 Å². The molecule has 1 aliphatic carbocycles. The van der Waals surface area contributed by atoms with Crippen molar-refractivity contribution in [3.05, 3.63) is 28.7 Å². The molecule has 0 unspecified atom stereocenters. The Hall–Kier alpha value is -0.870. The fourth-order valence-electron chi connectivity index (χ4n) is 2.45. The van der Waals surface area contributed by atoms with E-state index in [-0.39, 0.29) is 5.91 Å². The summed E-state index contributed by atoms with van der Waals surface area (Å²) < 4.78 is 0.918. The largest absolute Gasteiger partial charge is 0.324 e. The second-order valence-electron chi connectivity index (χ2n) is 4.88. The van der Waals surface area contributed by atoms with Gasteiger partial charge in [0.25, 0.3) is 0 Å². The second kappa shape index (κ2) is 6.34. The molecular formula is C14H19BrN2O. The number of carbonyl (C=O) groups is 1. The molecule has 0 heterocycles. The van der Waals surface area contributed by atoms with Gasteiger partial charge in [-0.15, -0.1) is 0 Å². The zero-order valence-electron chi connectivity index (χ0n) is 10.7. The molecule has 98 valence electrons. The summed E-state index contributed by atoms with van der Waals surface area (Å²) in [5.41, 5.74) is 0.835. The first-order chi connectivity index (χ1) is 8.66. The molecule has 3 nitrogen and oxygen atoms in total. The quantitative estimate of drug-likeness (QED) is 0.925. The Bertz CT molecular complexity index is 416. The standard InChI is InChI=1S/C14H19BrN2O/c1-17(11-6-2-3-7-11)10-14(18)16-13-9-5-4-8-12(13)15/h4-5,8-9,11H,2-3,6-7,10H2,1H3,(H,16,18). The van der Waals surface area contributed by atoms with E-state index in [1.165, 1.54) is 25.7 Å². The number of halogens is 1. The lowest BCUT2D eigenvalue weighted by atomic mass is 10.2. The van der Waals surface area contributed by atoms with E-state index in [0.717, 1.165) is 10.2 Å². The lowest BCUT2D eigenvalue weighted by Gasteiger charge is -2.23. The Morgan fingerprint density at radius 2 is 2.06 bits per heavy atom. The summed E-state index contributed by atoms with van der Waals surface area (Å²) in [5, 5.41) is 2.94. The van der Waals surface area contributed by atoms with Crippen LogP contribution in [0.4, 0.5) is 5.69 Å². The van der Waals surface area contributed by atoms with Crippen molar-refractivity contribution in [2.45, 2.75) is 31.7 Å². The van der Waals surface area contributed by atoms with Crippen LogP contribution in [0, 0.1) is 0 Å². The van der Waals surface area contributed by atoms with Crippen LogP contribution in [-0.2, 0) is 4.79 Å². The fraction of sp³-hybridized carbons (Fsp3) is 0.500. The van der Waals surface area contributed by atoms with Crippen LogP contribution >= 0.6 is 15.9 Å². The van der Waals surface area contributed by atoms with Crippen molar-refractivity contribution in [3.63, 3.8) is 0 Å². The molecule has 2 rings (SSSR count). The molecule has 1 aromatic carbocycles. The van der Waals surface area contributed by atoms with E-state index in [0.29, 0.717) is 12.6 Å². The SMILES string of the molecule is CN(CC(=O)Nc1ccccc1Br)C1CCCC1. The van der Waals surface area contributed by atoms with Gasteiger partial charge in [-0.05, 0) is 48.0 Å². The minimum Gasteiger partial charge on any atom is -0.324 e. The van der Waals surface area contributed by atoms with Crippen molar-refractivity contribution < 1.29 is 4.79 Å². The highest BCUT2D eigenvalue weighted by molar-refractivity contribution is 9.10. The normalized spacial score (nSPS) is 16.2. The molecule has 1 aliphatic rings. The highest BCUT2D eigenvalue weighted by atomic mass is 79.9. The van der Waals surface area contributed by atoms with Gasteiger partial charge in [-0.25, -0.2) is 0 Å². The zero-order valence-corrected chi connectivity index (χ0v) is 12.2. The predicted octanol–water partition coefficient (Wildman–Crippen LogP) is 3.26. The maximum Gasteiger partial charge on any atom is 0.238 e. The second-order valence-corrected chi connectivity index (χ2v) is 5.74. The summed E-state index contributed by atoms with van der Waals surface area (Å²) in [6.07, 6.45) is 5.03. The van der Waals surface area contributed by atoms with E-state index in [4.69, 9.17) is 0 Å². The number of amides is 1. The van der Waals surface area contributed by atoms with Crippen LogP contribution in [0.3, 0.4) is 0 Å². The summed E-state index contributed by atoms with van der Waals surface area (Å²) in [7, 11) is 2.04. The van der Waals surface area contributed by atoms with Crippen LogP contribution in [0.1, 0.15) is 25.7 Å². The van der Waals surface area contributed by atoms with Crippen molar-refractivity contribution in [2.75, 3.05) is 18.9 Å². The Labute approximate surface area is 117 Å². The summed E-state index contributed by atoms with van der Waals surface area (Å²) in [4.78, 5) is 14.1. The minimum atomic E-state index is 0.0521. The third-order valence-electron chi connectivity index (χ3n) is 3.49. The average molecular weight is 311 g/mol. The Balaban J connectivity index is 1.86. The van der Waals surface area contributed by atoms with Gasteiger partial charge in [0.1, 0.15) is 0 Å². The van der Waals surface area contributed by atoms with Crippen molar-refractivity contribution in [1.82, 2.24) is 4.90 Å². The van der Waals surface area contributed by atoms with Crippen LogP contribution in [-0.4, -0.2) is 30.4 Å². The first-order valence-corrected chi connectivity index (χ1v) is 7.21. The predicted molar refractivity (Wildman–Crippen MR) is 77.7 cm³/mol. The number of nitrogens with one attached hydrogen (secondary N) is 1. The zero-order chi connectivity index (χ0) is 13.0. The third-order valence-corrected chi connectivity index (χ3v) is 4.18. The molecular weight excluding hydrogens is 292 g/mol. The number of likely N-dealkylation sites (N-methyl/N-ethyl adjacent to an activating group) is 1. The smallest absolute Gasteiger partial charge is 0.238 e. The Morgan fingerprint density at radius 3 is 2.72 bits per heavy atom. The first kappa shape index (κ1) is 13.6. The number of hydrogen-bond donors (Lipinski definition) is 1. The van der Waals surface area contributed by atoms with Gasteiger partial charge in [-0.3, -0.25) is 9.69 Å². The first-order valence-electron chi connectivity index (χ1n) is 6.41. The van der Waals surface area contributed by atoms with Gasteiger partial charge in [-0.1, -0.05) is 25.0 Å². The molecule has 0 atom stereocenters. The maximum absolute atomic E-state index is 12.0. The van der Waals surface area contributed by atoms with E-state index < -0.39 is 0 Å². The molecule has 1 aromatic rings. The number of benzene rings is 1. The lowest BCUT2D eigenvalue weighted by Crippen LogP contribution is -2.36. The number of anilines is 1. The number of nitrogens with zero attached hydrogens (tertiary/aromatic N) is 1. The van der Waals surface area contributed by atoms with Gasteiger partial charge in [0.15, 0.2) is 0 Å². The maximum atomic E-state index is 12.0. The lowest BCUT2D eigenvalue weighted by molar-refractivity contribution is -0.117. The van der Waals surface area contributed by atoms with Gasteiger partial charge >= 0.3 is 0 Å². The molecule has 0 aromatic heterocycles. The number of carbonyl (C=O) groups excluding carboxylic acids is 1. The van der Waals surface area contributed by atoms with Gasteiger partial charge < -0.3 is 5.32 Å². The average Bonchev–Trinajstić information content (AvgIpc) is 2.85. The summed E-state index contributed by atoms with van der Waals surface area (Å²) in [6.45, 7) is 0.464. The number of hydrogen-bond acceptors (Lipinski definition) is 2. The number of rotatable bonds is 4.